The Hall–Kier alpha value is -3.16. The number of Topliss-reactive ketones (excluding diaryl/α,β-unsaturated/α-hetero) is 1. The normalized spacial score (nSPS) is 20.5. The number of aliphatic imine (C=N–C) groups is 1. The van der Waals surface area contributed by atoms with Crippen LogP contribution in [-0.4, -0.2) is 39.9 Å². The highest BCUT2D eigenvalue weighted by atomic mass is 16.1. The largest absolute Gasteiger partial charge is 0.316 e. The van der Waals surface area contributed by atoms with E-state index in [0.717, 1.165) is 40.3 Å². The summed E-state index contributed by atoms with van der Waals surface area (Å²) in [5.41, 5.74) is 6.14. The first-order valence-corrected chi connectivity index (χ1v) is 10.2. The zero-order valence-corrected chi connectivity index (χ0v) is 17.1. The summed E-state index contributed by atoms with van der Waals surface area (Å²) in [6, 6.07) is 14.5. The van der Waals surface area contributed by atoms with E-state index in [1.54, 1.807) is 11.0 Å². The van der Waals surface area contributed by atoms with Gasteiger partial charge in [0.1, 0.15) is 18.7 Å². The molecule has 0 saturated carbocycles. The van der Waals surface area contributed by atoms with Gasteiger partial charge in [-0.25, -0.2) is 4.98 Å². The number of ketones is 1. The highest BCUT2D eigenvalue weighted by Gasteiger charge is 2.39. The van der Waals surface area contributed by atoms with Crippen LogP contribution < -0.4 is 10.6 Å². The lowest BCUT2D eigenvalue weighted by molar-refractivity contribution is 0.1000. The number of carbonyl (C=O) groups is 1. The van der Waals surface area contributed by atoms with Crippen molar-refractivity contribution < 1.29 is 4.79 Å². The molecule has 2 aromatic carbocycles. The van der Waals surface area contributed by atoms with Gasteiger partial charge in [-0.3, -0.25) is 14.5 Å². The molecule has 2 N–H and O–H groups in total. The van der Waals surface area contributed by atoms with Crippen LogP contribution in [0.5, 0.6) is 0 Å². The van der Waals surface area contributed by atoms with Gasteiger partial charge >= 0.3 is 0 Å². The van der Waals surface area contributed by atoms with Crippen molar-refractivity contribution in [1.29, 1.82) is 0 Å². The van der Waals surface area contributed by atoms with Gasteiger partial charge in [-0.2, -0.15) is 5.10 Å². The average Bonchev–Trinajstić information content (AvgIpc) is 3.11. The Bertz CT molecular complexity index is 1130. The second-order valence-corrected chi connectivity index (χ2v) is 7.81. The number of carbonyl (C=O) groups excluding carboxylic acids is 1. The number of nitrogens with one attached hydrogen (secondary N) is 2. The second-order valence-electron chi connectivity index (χ2n) is 7.81. The van der Waals surface area contributed by atoms with E-state index in [-0.39, 0.29) is 24.3 Å². The molecule has 0 spiro atoms. The monoisotopic (exact) mass is 400 g/mol. The molecule has 0 bridgehead atoms. The molecule has 7 heteroatoms. The van der Waals surface area contributed by atoms with E-state index in [1.165, 1.54) is 5.56 Å². The smallest absolute Gasteiger partial charge is 0.184 e. The lowest BCUT2D eigenvalue weighted by Gasteiger charge is -2.28. The Morgan fingerprint density at radius 2 is 2.03 bits per heavy atom. The zero-order valence-electron chi connectivity index (χ0n) is 17.1. The van der Waals surface area contributed by atoms with E-state index >= 15 is 0 Å². The van der Waals surface area contributed by atoms with Gasteiger partial charge in [0.2, 0.25) is 0 Å². The number of nitrogens with zero attached hydrogens (tertiary/aromatic N) is 4. The van der Waals surface area contributed by atoms with Crippen molar-refractivity contribution in [2.75, 3.05) is 13.6 Å². The number of hydrogen-bond donors (Lipinski definition) is 2. The van der Waals surface area contributed by atoms with Crippen LogP contribution in [0.1, 0.15) is 50.4 Å². The number of rotatable bonds is 4. The van der Waals surface area contributed by atoms with E-state index in [1.807, 2.05) is 26.2 Å². The molecule has 2 aliphatic rings. The molecule has 5 rings (SSSR count). The molecule has 152 valence electrons. The summed E-state index contributed by atoms with van der Waals surface area (Å²) in [6.07, 6.45) is 1.58. The van der Waals surface area contributed by atoms with Gasteiger partial charge in [0, 0.05) is 37.3 Å². The molecule has 7 nitrogen and oxygen atoms in total. The number of hydrogen-bond acceptors (Lipinski definition) is 6. The molecule has 0 amide bonds. The third kappa shape index (κ3) is 3.07. The standard InChI is InChI=1S/C23H24N6O/c1-24-10-14-6-8-15(9-7-14)21-20(23-27-13-28-29(23)2)22-19-16(11-25-21)4-3-5-17(19)18(30)12-26-22/h3-9,13,20-21,24-25H,10-12H2,1-2H3. The molecule has 0 aliphatic carbocycles. The van der Waals surface area contributed by atoms with Gasteiger partial charge in [0.15, 0.2) is 5.78 Å². The van der Waals surface area contributed by atoms with Crippen LogP contribution in [0.2, 0.25) is 0 Å². The fraction of sp³-hybridized carbons (Fsp3) is 0.304. The summed E-state index contributed by atoms with van der Waals surface area (Å²) in [6.45, 7) is 1.66. The van der Waals surface area contributed by atoms with Gasteiger partial charge in [-0.15, -0.1) is 0 Å². The molecule has 2 aliphatic heterocycles. The molecular formula is C23H24N6O. The van der Waals surface area contributed by atoms with Gasteiger partial charge in [-0.05, 0) is 23.7 Å². The summed E-state index contributed by atoms with van der Waals surface area (Å²) in [5, 5.41) is 11.2. The Morgan fingerprint density at radius 3 is 2.77 bits per heavy atom. The Balaban J connectivity index is 1.67. The fourth-order valence-corrected chi connectivity index (χ4v) is 4.57. The van der Waals surface area contributed by atoms with Crippen LogP contribution in [0.25, 0.3) is 0 Å². The highest BCUT2D eigenvalue weighted by Crippen LogP contribution is 2.39. The molecule has 3 aromatic rings. The predicted octanol–water partition coefficient (Wildman–Crippen LogP) is 2.15. The van der Waals surface area contributed by atoms with Crippen LogP contribution in [-0.2, 0) is 20.1 Å². The van der Waals surface area contributed by atoms with E-state index in [2.05, 4.69) is 51.0 Å². The van der Waals surface area contributed by atoms with E-state index < -0.39 is 0 Å². The number of aromatic nitrogens is 3. The summed E-state index contributed by atoms with van der Waals surface area (Å²) in [7, 11) is 3.85. The predicted molar refractivity (Wildman–Crippen MR) is 115 cm³/mol. The van der Waals surface area contributed by atoms with Crippen LogP contribution in [0.4, 0.5) is 0 Å². The van der Waals surface area contributed by atoms with Crippen molar-refractivity contribution in [1.82, 2.24) is 25.4 Å². The molecule has 2 atom stereocenters. The lowest BCUT2D eigenvalue weighted by atomic mass is 9.82. The van der Waals surface area contributed by atoms with Gasteiger partial charge in [-0.1, -0.05) is 42.5 Å². The molecule has 0 radical (unpaired) electrons. The number of benzene rings is 2. The molecule has 30 heavy (non-hydrogen) atoms. The summed E-state index contributed by atoms with van der Waals surface area (Å²) < 4.78 is 1.81. The highest BCUT2D eigenvalue weighted by molar-refractivity contribution is 6.18. The first-order valence-electron chi connectivity index (χ1n) is 10.2. The summed E-state index contributed by atoms with van der Waals surface area (Å²) in [5.74, 6) is 0.757. The molecule has 2 unspecified atom stereocenters. The molecular weight excluding hydrogens is 376 g/mol. The average molecular weight is 400 g/mol. The SMILES string of the molecule is CNCc1ccc(C2NCc3cccc4c3C(=NCC4=O)C2c2ncnn2C)cc1. The van der Waals surface area contributed by atoms with Crippen molar-refractivity contribution in [3.05, 3.63) is 82.4 Å². The Labute approximate surface area is 175 Å². The van der Waals surface area contributed by atoms with Crippen LogP contribution >= 0.6 is 0 Å². The fourth-order valence-electron chi connectivity index (χ4n) is 4.57. The van der Waals surface area contributed by atoms with Crippen molar-refractivity contribution in [3.8, 4) is 0 Å². The van der Waals surface area contributed by atoms with Gasteiger partial charge < -0.3 is 10.6 Å². The molecule has 3 heterocycles. The Morgan fingerprint density at radius 1 is 1.20 bits per heavy atom. The Kier molecular flexibility index (Phi) is 4.77. The minimum Gasteiger partial charge on any atom is -0.316 e. The quantitative estimate of drug-likeness (QED) is 0.701. The van der Waals surface area contributed by atoms with Crippen LogP contribution in [0.3, 0.4) is 0 Å². The second kappa shape index (κ2) is 7.59. The minimum absolute atomic E-state index is 0.0382. The lowest BCUT2D eigenvalue weighted by Crippen LogP contribution is -2.32. The first kappa shape index (κ1) is 18.8. The first-order chi connectivity index (χ1) is 14.7. The zero-order chi connectivity index (χ0) is 20.7. The maximum absolute atomic E-state index is 12.6. The molecule has 0 fully saturated rings. The minimum atomic E-state index is -0.150. The summed E-state index contributed by atoms with van der Waals surface area (Å²) in [4.78, 5) is 21.9. The summed E-state index contributed by atoms with van der Waals surface area (Å²) >= 11 is 0. The maximum atomic E-state index is 12.6. The van der Waals surface area contributed by atoms with Gasteiger partial charge in [0.25, 0.3) is 0 Å². The van der Waals surface area contributed by atoms with Crippen molar-refractivity contribution in [2.24, 2.45) is 12.0 Å². The third-order valence-corrected chi connectivity index (χ3v) is 5.98. The molecule has 0 saturated heterocycles. The number of aryl methyl sites for hydroxylation is 1. The van der Waals surface area contributed by atoms with Crippen molar-refractivity contribution in [3.63, 3.8) is 0 Å². The van der Waals surface area contributed by atoms with E-state index in [9.17, 15) is 4.79 Å². The van der Waals surface area contributed by atoms with Gasteiger partial charge in [0.05, 0.1) is 11.6 Å². The van der Waals surface area contributed by atoms with Crippen LogP contribution in [0, 0.1) is 0 Å². The van der Waals surface area contributed by atoms with Crippen LogP contribution in [0.15, 0.2) is 53.8 Å². The molecule has 1 aromatic heterocycles. The third-order valence-electron chi connectivity index (χ3n) is 5.98. The van der Waals surface area contributed by atoms with Crippen molar-refractivity contribution in [2.45, 2.75) is 25.0 Å². The van der Waals surface area contributed by atoms with E-state index in [4.69, 9.17) is 4.99 Å². The maximum Gasteiger partial charge on any atom is 0.184 e. The van der Waals surface area contributed by atoms with E-state index in [0.29, 0.717) is 6.54 Å². The topological polar surface area (TPSA) is 84.2 Å². The van der Waals surface area contributed by atoms with Crippen molar-refractivity contribution >= 4 is 11.5 Å².